The maximum Gasteiger partial charge on any atom is 0.315 e. The van der Waals surface area contributed by atoms with Gasteiger partial charge in [-0.05, 0) is 50.7 Å². The fourth-order valence-electron chi connectivity index (χ4n) is 1.89. The van der Waals surface area contributed by atoms with Crippen molar-refractivity contribution in [3.63, 3.8) is 0 Å². The Labute approximate surface area is 92.0 Å². The van der Waals surface area contributed by atoms with E-state index in [4.69, 9.17) is 4.74 Å². The van der Waals surface area contributed by atoms with Gasteiger partial charge in [0.1, 0.15) is 0 Å². The maximum absolute atomic E-state index is 11.6. The van der Waals surface area contributed by atoms with Crippen molar-refractivity contribution in [1.29, 1.82) is 0 Å². The van der Waals surface area contributed by atoms with Gasteiger partial charge >= 0.3 is 5.97 Å². The molecule has 15 heavy (non-hydrogen) atoms. The van der Waals surface area contributed by atoms with E-state index >= 15 is 0 Å². The lowest BCUT2D eigenvalue weighted by molar-refractivity contribution is -0.148. The Morgan fingerprint density at radius 3 is 2.60 bits per heavy atom. The molecule has 0 saturated carbocycles. The Hall–Kier alpha value is -1.05. The molecule has 1 aliphatic carbocycles. The third-order valence-corrected chi connectivity index (χ3v) is 3.13. The first-order chi connectivity index (χ1) is 7.00. The van der Waals surface area contributed by atoms with Gasteiger partial charge in [-0.2, -0.15) is 0 Å². The summed E-state index contributed by atoms with van der Waals surface area (Å²) in [5, 5.41) is 0. The van der Waals surface area contributed by atoms with Crippen LogP contribution < -0.4 is 0 Å². The zero-order valence-corrected chi connectivity index (χ0v) is 9.93. The molecule has 0 saturated heterocycles. The van der Waals surface area contributed by atoms with Crippen molar-refractivity contribution >= 4 is 5.97 Å². The second-order valence-electron chi connectivity index (χ2n) is 4.57. The van der Waals surface area contributed by atoms with Gasteiger partial charge < -0.3 is 4.74 Å². The van der Waals surface area contributed by atoms with Crippen LogP contribution in [-0.4, -0.2) is 13.1 Å². The summed E-state index contributed by atoms with van der Waals surface area (Å²) < 4.78 is 4.80. The normalized spacial score (nSPS) is 16.9. The second kappa shape index (κ2) is 4.65. The highest BCUT2D eigenvalue weighted by molar-refractivity contribution is 5.80. The minimum absolute atomic E-state index is 0.209. The first-order valence-electron chi connectivity index (χ1n) is 5.47. The van der Waals surface area contributed by atoms with E-state index in [9.17, 15) is 4.79 Å². The van der Waals surface area contributed by atoms with Gasteiger partial charge in [0.15, 0.2) is 0 Å². The van der Waals surface area contributed by atoms with Gasteiger partial charge in [0.2, 0.25) is 0 Å². The topological polar surface area (TPSA) is 26.3 Å². The number of methoxy groups -OCH3 is 1. The van der Waals surface area contributed by atoms with E-state index < -0.39 is 5.41 Å². The van der Waals surface area contributed by atoms with E-state index in [1.54, 1.807) is 0 Å². The van der Waals surface area contributed by atoms with Gasteiger partial charge in [-0.15, -0.1) is 0 Å². The molecule has 1 rings (SSSR count). The van der Waals surface area contributed by atoms with Crippen LogP contribution in [0.5, 0.6) is 0 Å². The zero-order valence-electron chi connectivity index (χ0n) is 9.93. The van der Waals surface area contributed by atoms with Gasteiger partial charge in [-0.1, -0.05) is 12.7 Å². The Morgan fingerprint density at radius 2 is 2.13 bits per heavy atom. The molecule has 0 radical (unpaired) electrons. The third-order valence-electron chi connectivity index (χ3n) is 3.13. The molecule has 0 atom stereocenters. The average molecular weight is 208 g/mol. The lowest BCUT2D eigenvalue weighted by Gasteiger charge is -2.27. The third kappa shape index (κ3) is 2.49. The second-order valence-corrected chi connectivity index (χ2v) is 4.57. The van der Waals surface area contributed by atoms with Crippen molar-refractivity contribution in [3.8, 4) is 0 Å². The quantitative estimate of drug-likeness (QED) is 0.665. The Balaban J connectivity index is 2.83. The van der Waals surface area contributed by atoms with E-state index in [2.05, 4.69) is 12.7 Å². The highest BCUT2D eigenvalue weighted by Crippen LogP contribution is 2.35. The molecule has 2 nitrogen and oxygen atoms in total. The van der Waals surface area contributed by atoms with Crippen molar-refractivity contribution in [2.24, 2.45) is 5.41 Å². The van der Waals surface area contributed by atoms with Crippen molar-refractivity contribution in [1.82, 2.24) is 0 Å². The summed E-state index contributed by atoms with van der Waals surface area (Å²) in [5.41, 5.74) is 1.54. The summed E-state index contributed by atoms with van der Waals surface area (Å²) in [6, 6.07) is 0. The number of rotatable bonds is 3. The van der Waals surface area contributed by atoms with Crippen LogP contribution in [0, 0.1) is 5.41 Å². The molecule has 0 spiro atoms. The first kappa shape index (κ1) is 12.0. The minimum Gasteiger partial charge on any atom is -0.468 e. The molecule has 0 aromatic carbocycles. The van der Waals surface area contributed by atoms with Crippen LogP contribution in [-0.2, 0) is 9.53 Å². The molecule has 0 heterocycles. The molecule has 0 fully saturated rings. The number of hydrogen-bond acceptors (Lipinski definition) is 2. The summed E-state index contributed by atoms with van der Waals surface area (Å²) in [7, 11) is 1.42. The number of carbonyl (C=O) groups is 1. The molecule has 1 aliphatic rings. The van der Waals surface area contributed by atoms with E-state index in [1.807, 2.05) is 13.8 Å². The van der Waals surface area contributed by atoms with Crippen LogP contribution in [0.25, 0.3) is 0 Å². The van der Waals surface area contributed by atoms with Gasteiger partial charge in [0, 0.05) is 0 Å². The molecule has 0 amide bonds. The Bertz CT molecular complexity index is 298. The smallest absolute Gasteiger partial charge is 0.315 e. The Morgan fingerprint density at radius 1 is 1.47 bits per heavy atom. The fraction of sp³-hybridized carbons (Fsp3) is 0.615. The summed E-state index contributed by atoms with van der Waals surface area (Å²) in [6.07, 6.45) is 6.79. The average Bonchev–Trinajstić information content (AvgIpc) is 2.28. The lowest BCUT2D eigenvalue weighted by Crippen LogP contribution is -2.28. The van der Waals surface area contributed by atoms with Crippen LogP contribution in [0.15, 0.2) is 23.8 Å². The number of hydrogen-bond donors (Lipinski definition) is 0. The summed E-state index contributed by atoms with van der Waals surface area (Å²) in [5.74, 6) is -0.209. The number of ether oxygens (including phenoxy) is 1. The van der Waals surface area contributed by atoms with Gasteiger partial charge in [-0.3, -0.25) is 4.79 Å². The van der Waals surface area contributed by atoms with Crippen LogP contribution in [0.2, 0.25) is 0 Å². The van der Waals surface area contributed by atoms with Crippen molar-refractivity contribution < 1.29 is 9.53 Å². The zero-order chi connectivity index (χ0) is 11.5. The van der Waals surface area contributed by atoms with Gasteiger partial charge in [-0.25, -0.2) is 0 Å². The Kier molecular flexibility index (Phi) is 3.72. The number of allylic oxidation sites excluding steroid dienone is 2. The monoisotopic (exact) mass is 208 g/mol. The fourth-order valence-corrected chi connectivity index (χ4v) is 1.89. The highest BCUT2D eigenvalue weighted by atomic mass is 16.5. The van der Waals surface area contributed by atoms with Crippen molar-refractivity contribution in [2.45, 2.75) is 39.5 Å². The number of esters is 1. The van der Waals surface area contributed by atoms with Gasteiger partial charge in [0.05, 0.1) is 12.5 Å². The molecule has 0 aliphatic heterocycles. The molecular weight excluding hydrogens is 188 g/mol. The molecule has 0 aromatic heterocycles. The molecule has 0 N–H and O–H groups in total. The van der Waals surface area contributed by atoms with Crippen molar-refractivity contribution in [2.75, 3.05) is 7.11 Å². The summed E-state index contributed by atoms with van der Waals surface area (Å²) >= 11 is 0. The van der Waals surface area contributed by atoms with E-state index in [0.717, 1.165) is 18.4 Å². The molecule has 84 valence electrons. The number of carbonyl (C=O) groups excluding carboxylic acids is 1. The van der Waals surface area contributed by atoms with E-state index in [0.29, 0.717) is 0 Å². The molecule has 0 bridgehead atoms. The van der Waals surface area contributed by atoms with E-state index in [-0.39, 0.29) is 5.97 Å². The standard InChI is InChI=1S/C13H20O2/c1-10(11-8-6-5-7-9-11)13(2,3)12(14)15-4/h8H,1,5-7,9H2,2-4H3. The van der Waals surface area contributed by atoms with Gasteiger partial charge in [0.25, 0.3) is 0 Å². The van der Waals surface area contributed by atoms with Crippen LogP contribution in [0.3, 0.4) is 0 Å². The SMILES string of the molecule is C=C(C1=CCCCC1)C(C)(C)C(=O)OC. The minimum atomic E-state index is -0.599. The maximum atomic E-state index is 11.6. The van der Waals surface area contributed by atoms with Crippen molar-refractivity contribution in [3.05, 3.63) is 23.8 Å². The molecule has 2 heteroatoms. The lowest BCUT2D eigenvalue weighted by atomic mass is 9.78. The van der Waals surface area contributed by atoms with E-state index in [1.165, 1.54) is 25.5 Å². The molecule has 0 unspecified atom stereocenters. The van der Waals surface area contributed by atoms with Crippen LogP contribution in [0.4, 0.5) is 0 Å². The predicted molar refractivity (Wildman–Crippen MR) is 61.5 cm³/mol. The largest absolute Gasteiger partial charge is 0.468 e. The van der Waals surface area contributed by atoms with Crippen LogP contribution >= 0.6 is 0 Å². The highest BCUT2D eigenvalue weighted by Gasteiger charge is 2.33. The predicted octanol–water partition coefficient (Wildman–Crippen LogP) is 3.24. The summed E-state index contributed by atoms with van der Waals surface area (Å²) in [6.45, 7) is 7.79. The molecular formula is C13H20O2. The van der Waals surface area contributed by atoms with Crippen LogP contribution in [0.1, 0.15) is 39.5 Å². The summed E-state index contributed by atoms with van der Waals surface area (Å²) in [4.78, 5) is 11.6. The molecule has 0 aromatic rings. The first-order valence-corrected chi connectivity index (χ1v) is 5.47.